The number of benzene rings is 2. The monoisotopic (exact) mass is 365 g/mol. The van der Waals surface area contributed by atoms with Gasteiger partial charge in [-0.15, -0.1) is 0 Å². The Bertz CT molecular complexity index is 784. The van der Waals surface area contributed by atoms with Crippen molar-refractivity contribution in [3.63, 3.8) is 0 Å². The van der Waals surface area contributed by atoms with Crippen molar-refractivity contribution in [3.8, 4) is 5.75 Å². The van der Waals surface area contributed by atoms with Gasteiger partial charge in [-0.2, -0.15) is 0 Å². The van der Waals surface area contributed by atoms with E-state index in [0.717, 1.165) is 18.4 Å². The molecule has 0 radical (unpaired) electrons. The van der Waals surface area contributed by atoms with E-state index in [9.17, 15) is 8.42 Å². The van der Waals surface area contributed by atoms with E-state index in [-0.39, 0.29) is 10.9 Å². The maximum Gasteiger partial charge on any atom is 0.241 e. The molecule has 2 aromatic rings. The summed E-state index contributed by atoms with van der Waals surface area (Å²) in [6.45, 7) is 2.43. The van der Waals surface area contributed by atoms with Gasteiger partial charge in [0.15, 0.2) is 0 Å². The lowest BCUT2D eigenvalue weighted by molar-refractivity contribution is 0.340. The standard InChI is InChI=1S/C18H20ClNO3S/c1-2-23-16-9-11-17(12-10-16)24(21,22)20-18(13-3-4-13)14-5-7-15(19)8-6-14/h5-13,18,20H,2-4H2,1H3. The molecule has 0 spiro atoms. The van der Waals surface area contributed by atoms with Crippen LogP contribution in [-0.4, -0.2) is 15.0 Å². The lowest BCUT2D eigenvalue weighted by atomic mass is 10.0. The Kier molecular flexibility index (Phi) is 5.13. The van der Waals surface area contributed by atoms with Crippen LogP contribution in [0.15, 0.2) is 53.4 Å². The third-order valence-corrected chi connectivity index (χ3v) is 5.76. The Balaban J connectivity index is 1.81. The minimum Gasteiger partial charge on any atom is -0.494 e. The van der Waals surface area contributed by atoms with E-state index in [4.69, 9.17) is 16.3 Å². The Morgan fingerprint density at radius 2 is 1.75 bits per heavy atom. The summed E-state index contributed by atoms with van der Waals surface area (Å²) in [5, 5.41) is 0.641. The number of hydrogen-bond acceptors (Lipinski definition) is 3. The summed E-state index contributed by atoms with van der Waals surface area (Å²) in [5.74, 6) is 0.997. The lowest BCUT2D eigenvalue weighted by Crippen LogP contribution is -2.30. The number of halogens is 1. The molecule has 1 aliphatic carbocycles. The first-order valence-corrected chi connectivity index (χ1v) is 9.86. The topological polar surface area (TPSA) is 55.4 Å². The normalized spacial score (nSPS) is 15.9. The van der Waals surface area contributed by atoms with Crippen LogP contribution in [0.4, 0.5) is 0 Å². The molecule has 0 aliphatic heterocycles. The summed E-state index contributed by atoms with van der Waals surface area (Å²) < 4.78 is 33.6. The molecule has 1 unspecified atom stereocenters. The second-order valence-corrected chi connectivity index (χ2v) is 8.04. The zero-order valence-corrected chi connectivity index (χ0v) is 15.0. The van der Waals surface area contributed by atoms with Gasteiger partial charge in [0.05, 0.1) is 11.5 Å². The minimum absolute atomic E-state index is 0.223. The summed E-state index contributed by atoms with van der Waals surface area (Å²) in [7, 11) is -3.59. The predicted molar refractivity (Wildman–Crippen MR) is 94.8 cm³/mol. The van der Waals surface area contributed by atoms with Crippen LogP contribution in [0.25, 0.3) is 0 Å². The maximum atomic E-state index is 12.7. The predicted octanol–water partition coefficient (Wildman–Crippen LogP) is 4.17. The van der Waals surface area contributed by atoms with E-state index in [1.54, 1.807) is 36.4 Å². The van der Waals surface area contributed by atoms with Gasteiger partial charge in [-0.3, -0.25) is 0 Å². The van der Waals surface area contributed by atoms with Crippen LogP contribution in [0, 0.1) is 5.92 Å². The van der Waals surface area contributed by atoms with Crippen LogP contribution in [0.2, 0.25) is 5.02 Å². The molecule has 3 rings (SSSR count). The number of sulfonamides is 1. The molecule has 24 heavy (non-hydrogen) atoms. The van der Waals surface area contributed by atoms with Crippen molar-refractivity contribution in [1.29, 1.82) is 0 Å². The largest absolute Gasteiger partial charge is 0.494 e. The lowest BCUT2D eigenvalue weighted by Gasteiger charge is -2.19. The van der Waals surface area contributed by atoms with Gasteiger partial charge in [0.1, 0.15) is 5.75 Å². The van der Waals surface area contributed by atoms with Crippen LogP contribution in [-0.2, 0) is 10.0 Å². The second kappa shape index (κ2) is 7.13. The molecular formula is C18H20ClNO3S. The van der Waals surface area contributed by atoms with Crippen molar-refractivity contribution in [3.05, 3.63) is 59.1 Å². The Morgan fingerprint density at radius 1 is 1.12 bits per heavy atom. The summed E-state index contributed by atoms with van der Waals surface area (Å²) in [5.41, 5.74) is 0.941. The van der Waals surface area contributed by atoms with Gasteiger partial charge in [-0.1, -0.05) is 23.7 Å². The average molecular weight is 366 g/mol. The third kappa shape index (κ3) is 4.09. The molecule has 6 heteroatoms. The van der Waals surface area contributed by atoms with Crippen LogP contribution in [0.3, 0.4) is 0 Å². The Labute approximate surface area is 147 Å². The van der Waals surface area contributed by atoms with Gasteiger partial charge >= 0.3 is 0 Å². The fourth-order valence-electron chi connectivity index (χ4n) is 2.65. The molecular weight excluding hydrogens is 346 g/mol. The highest BCUT2D eigenvalue weighted by Crippen LogP contribution is 2.42. The first kappa shape index (κ1) is 17.3. The van der Waals surface area contributed by atoms with Crippen molar-refractivity contribution in [2.75, 3.05) is 6.61 Å². The van der Waals surface area contributed by atoms with E-state index in [2.05, 4.69) is 4.72 Å². The molecule has 1 atom stereocenters. The first-order valence-electron chi connectivity index (χ1n) is 8.00. The quantitative estimate of drug-likeness (QED) is 0.801. The van der Waals surface area contributed by atoms with Crippen LogP contribution in [0.1, 0.15) is 31.4 Å². The van der Waals surface area contributed by atoms with Gasteiger partial charge in [-0.05, 0) is 67.6 Å². The minimum atomic E-state index is -3.59. The summed E-state index contributed by atoms with van der Waals surface area (Å²) in [6.07, 6.45) is 2.05. The van der Waals surface area contributed by atoms with E-state index in [1.807, 2.05) is 19.1 Å². The van der Waals surface area contributed by atoms with Crippen molar-refractivity contribution < 1.29 is 13.2 Å². The summed E-state index contributed by atoms with van der Waals surface area (Å²) in [6, 6.07) is 13.6. The number of hydrogen-bond donors (Lipinski definition) is 1. The smallest absolute Gasteiger partial charge is 0.241 e. The molecule has 0 saturated heterocycles. The van der Waals surface area contributed by atoms with Crippen LogP contribution in [0.5, 0.6) is 5.75 Å². The Morgan fingerprint density at radius 3 is 2.29 bits per heavy atom. The SMILES string of the molecule is CCOc1ccc(S(=O)(=O)NC(c2ccc(Cl)cc2)C2CC2)cc1. The molecule has 2 aromatic carbocycles. The van der Waals surface area contributed by atoms with Crippen molar-refractivity contribution in [1.82, 2.24) is 4.72 Å². The number of rotatable bonds is 7. The van der Waals surface area contributed by atoms with E-state index < -0.39 is 10.0 Å². The van der Waals surface area contributed by atoms with Gasteiger partial charge in [-0.25, -0.2) is 13.1 Å². The zero-order valence-electron chi connectivity index (χ0n) is 13.4. The molecule has 128 valence electrons. The maximum absolute atomic E-state index is 12.7. The first-order chi connectivity index (χ1) is 11.5. The highest BCUT2D eigenvalue weighted by atomic mass is 35.5. The molecule has 0 aromatic heterocycles. The molecule has 1 saturated carbocycles. The summed E-state index contributed by atoms with van der Waals surface area (Å²) >= 11 is 5.93. The van der Waals surface area contributed by atoms with Crippen LogP contribution >= 0.6 is 11.6 Å². The van der Waals surface area contributed by atoms with Gasteiger partial charge in [0.25, 0.3) is 0 Å². The van der Waals surface area contributed by atoms with E-state index in [0.29, 0.717) is 23.3 Å². The van der Waals surface area contributed by atoms with E-state index in [1.165, 1.54) is 0 Å². The molecule has 0 bridgehead atoms. The number of ether oxygens (including phenoxy) is 1. The summed E-state index contributed by atoms with van der Waals surface area (Å²) in [4.78, 5) is 0.241. The second-order valence-electron chi connectivity index (χ2n) is 5.89. The van der Waals surface area contributed by atoms with Crippen molar-refractivity contribution in [2.45, 2.75) is 30.7 Å². The molecule has 1 fully saturated rings. The Hall–Kier alpha value is -1.56. The van der Waals surface area contributed by atoms with Crippen LogP contribution < -0.4 is 9.46 Å². The molecule has 0 amide bonds. The fraction of sp³-hybridized carbons (Fsp3) is 0.333. The molecule has 0 heterocycles. The number of nitrogens with one attached hydrogen (secondary N) is 1. The van der Waals surface area contributed by atoms with Gasteiger partial charge < -0.3 is 4.74 Å². The van der Waals surface area contributed by atoms with Crippen molar-refractivity contribution >= 4 is 21.6 Å². The zero-order chi connectivity index (χ0) is 17.2. The highest BCUT2D eigenvalue weighted by Gasteiger charge is 2.35. The molecule has 4 nitrogen and oxygen atoms in total. The highest BCUT2D eigenvalue weighted by molar-refractivity contribution is 7.89. The molecule has 1 aliphatic rings. The average Bonchev–Trinajstić information content (AvgIpc) is 3.39. The van der Waals surface area contributed by atoms with E-state index >= 15 is 0 Å². The third-order valence-electron chi connectivity index (χ3n) is 4.05. The fourth-order valence-corrected chi connectivity index (χ4v) is 4.07. The van der Waals surface area contributed by atoms with Gasteiger partial charge in [0.2, 0.25) is 10.0 Å². The molecule has 1 N–H and O–H groups in total. The van der Waals surface area contributed by atoms with Gasteiger partial charge in [0, 0.05) is 11.1 Å². The van der Waals surface area contributed by atoms with Crippen molar-refractivity contribution in [2.24, 2.45) is 5.92 Å².